The van der Waals surface area contributed by atoms with E-state index in [9.17, 15) is 4.79 Å². The molecule has 0 aliphatic rings. The van der Waals surface area contributed by atoms with Crippen LogP contribution in [-0.2, 0) is 4.79 Å². The van der Waals surface area contributed by atoms with E-state index in [0.29, 0.717) is 10.8 Å². The Hall–Kier alpha value is -1.50. The van der Waals surface area contributed by atoms with Crippen LogP contribution in [0.4, 0.5) is 0 Å². The highest BCUT2D eigenvalue weighted by molar-refractivity contribution is 8.01. The van der Waals surface area contributed by atoms with Crippen LogP contribution in [0, 0.1) is 0 Å². The quantitative estimate of drug-likeness (QED) is 0.686. The molecule has 22 heavy (non-hydrogen) atoms. The highest BCUT2D eigenvalue weighted by atomic mass is 35.5. The third-order valence-electron chi connectivity index (χ3n) is 3.00. The molecule has 7 heteroatoms. The number of aromatic nitrogens is 1. The molecule has 2 aromatic heterocycles. The van der Waals surface area contributed by atoms with Gasteiger partial charge in [-0.2, -0.15) is 0 Å². The number of carbonyl (C=O) groups is 1. The van der Waals surface area contributed by atoms with Gasteiger partial charge in [-0.15, -0.1) is 11.3 Å². The Kier molecular flexibility index (Phi) is 4.71. The number of rotatable bonds is 5. The first-order chi connectivity index (χ1) is 10.6. The summed E-state index contributed by atoms with van der Waals surface area (Å²) in [5, 5.41) is 3.56. The third-order valence-corrected chi connectivity index (χ3v) is 5.42. The van der Waals surface area contributed by atoms with Crippen LogP contribution in [0.1, 0.15) is 18.7 Å². The molecule has 0 saturated carbocycles. The van der Waals surface area contributed by atoms with E-state index in [1.54, 1.807) is 23.7 Å². The molecule has 3 rings (SSSR count). The molecule has 1 aromatic carbocycles. The van der Waals surface area contributed by atoms with Gasteiger partial charge in [0.15, 0.2) is 4.34 Å². The molecule has 114 valence electrons. The lowest BCUT2D eigenvalue weighted by atomic mass is 10.2. The van der Waals surface area contributed by atoms with E-state index in [1.807, 2.05) is 31.2 Å². The molecular formula is C15H13ClN2O2S2. The van der Waals surface area contributed by atoms with E-state index < -0.39 is 0 Å². The number of nitrogens with one attached hydrogen (secondary N) is 1. The van der Waals surface area contributed by atoms with Gasteiger partial charge in [0.05, 0.1) is 28.3 Å². The first-order valence-corrected chi connectivity index (χ1v) is 8.81. The number of nitrogens with zero attached hydrogens (tertiary/aromatic N) is 1. The number of carbonyl (C=O) groups excluding carboxylic acids is 1. The minimum atomic E-state index is -0.141. The zero-order chi connectivity index (χ0) is 15.5. The van der Waals surface area contributed by atoms with Crippen molar-refractivity contribution in [1.29, 1.82) is 0 Å². The maximum Gasteiger partial charge on any atom is 0.231 e. The van der Waals surface area contributed by atoms with Crippen molar-refractivity contribution in [3.63, 3.8) is 0 Å². The Bertz CT molecular complexity index is 786. The first-order valence-electron chi connectivity index (χ1n) is 6.63. The van der Waals surface area contributed by atoms with Gasteiger partial charge >= 0.3 is 0 Å². The minimum Gasteiger partial charge on any atom is -0.467 e. The van der Waals surface area contributed by atoms with Gasteiger partial charge in [0.2, 0.25) is 5.91 Å². The van der Waals surface area contributed by atoms with Crippen LogP contribution >= 0.6 is 34.7 Å². The van der Waals surface area contributed by atoms with Crippen LogP contribution < -0.4 is 5.32 Å². The fourth-order valence-corrected chi connectivity index (χ4v) is 3.99. The van der Waals surface area contributed by atoms with E-state index in [-0.39, 0.29) is 11.9 Å². The lowest BCUT2D eigenvalue weighted by molar-refractivity contribution is -0.119. The predicted octanol–water partition coefficient (Wildman–Crippen LogP) is 4.51. The molecule has 0 unspecified atom stereocenters. The molecule has 0 fully saturated rings. The molecule has 0 spiro atoms. The molecule has 1 atom stereocenters. The summed E-state index contributed by atoms with van der Waals surface area (Å²) in [4.78, 5) is 16.4. The molecule has 0 aliphatic carbocycles. The molecule has 1 N–H and O–H groups in total. The average molecular weight is 353 g/mol. The topological polar surface area (TPSA) is 55.1 Å². The monoisotopic (exact) mass is 352 g/mol. The largest absolute Gasteiger partial charge is 0.467 e. The van der Waals surface area contributed by atoms with Crippen molar-refractivity contribution < 1.29 is 9.21 Å². The summed E-state index contributed by atoms with van der Waals surface area (Å²) in [6.07, 6.45) is 1.60. The van der Waals surface area contributed by atoms with Crippen LogP contribution in [0.3, 0.4) is 0 Å². The van der Waals surface area contributed by atoms with E-state index in [2.05, 4.69) is 10.3 Å². The van der Waals surface area contributed by atoms with Gasteiger partial charge in [-0.05, 0) is 37.3 Å². The van der Waals surface area contributed by atoms with Crippen molar-refractivity contribution >= 4 is 50.8 Å². The summed E-state index contributed by atoms with van der Waals surface area (Å²) >= 11 is 8.93. The summed E-state index contributed by atoms with van der Waals surface area (Å²) in [5.41, 5.74) is 0.865. The number of furan rings is 1. The number of thiazole rings is 1. The molecule has 0 bridgehead atoms. The maximum absolute atomic E-state index is 12.0. The van der Waals surface area contributed by atoms with Gasteiger partial charge < -0.3 is 9.73 Å². The minimum absolute atomic E-state index is 0.0498. The molecule has 0 saturated heterocycles. The van der Waals surface area contributed by atoms with Crippen molar-refractivity contribution in [1.82, 2.24) is 10.3 Å². The van der Waals surface area contributed by atoms with E-state index in [0.717, 1.165) is 20.3 Å². The van der Waals surface area contributed by atoms with Gasteiger partial charge in [-0.1, -0.05) is 23.4 Å². The number of halogens is 1. The summed E-state index contributed by atoms with van der Waals surface area (Å²) in [6.45, 7) is 1.89. The fourth-order valence-electron chi connectivity index (χ4n) is 1.96. The lowest BCUT2D eigenvalue weighted by Crippen LogP contribution is -2.27. The van der Waals surface area contributed by atoms with Crippen LogP contribution in [0.2, 0.25) is 5.02 Å². The zero-order valence-corrected chi connectivity index (χ0v) is 14.1. The van der Waals surface area contributed by atoms with Crippen molar-refractivity contribution in [3.05, 3.63) is 47.4 Å². The maximum atomic E-state index is 12.0. The van der Waals surface area contributed by atoms with Crippen LogP contribution in [-0.4, -0.2) is 16.6 Å². The average Bonchev–Trinajstić information content (AvgIpc) is 3.13. The van der Waals surface area contributed by atoms with Gasteiger partial charge in [-0.25, -0.2) is 4.98 Å². The summed E-state index contributed by atoms with van der Waals surface area (Å²) in [5.74, 6) is 1.01. The standard InChI is InChI=1S/C15H13ClN2O2S2/c1-9(12-3-2-6-20-12)17-14(19)8-21-15-18-11-7-10(16)4-5-13(11)22-15/h2-7,9H,8H2,1H3,(H,17,19)/t9-/m0/s1. The molecule has 1 amide bonds. The molecular weight excluding hydrogens is 340 g/mol. The van der Waals surface area contributed by atoms with Crippen molar-refractivity contribution in [2.45, 2.75) is 17.3 Å². The highest BCUT2D eigenvalue weighted by Gasteiger charge is 2.13. The van der Waals surface area contributed by atoms with Crippen LogP contribution in [0.25, 0.3) is 10.2 Å². The summed E-state index contributed by atoms with van der Waals surface area (Å²) < 4.78 is 7.19. The number of fused-ring (bicyclic) bond motifs is 1. The predicted molar refractivity (Wildman–Crippen MR) is 90.6 cm³/mol. The molecule has 2 heterocycles. The van der Waals surface area contributed by atoms with Crippen LogP contribution in [0.15, 0.2) is 45.4 Å². The van der Waals surface area contributed by atoms with E-state index in [4.69, 9.17) is 16.0 Å². The second-order valence-corrected chi connectivity index (χ2v) is 7.37. The van der Waals surface area contributed by atoms with Gasteiger partial charge in [-0.3, -0.25) is 4.79 Å². The Morgan fingerprint density at radius 1 is 1.50 bits per heavy atom. The first kappa shape index (κ1) is 15.4. The van der Waals surface area contributed by atoms with Gasteiger partial charge in [0, 0.05) is 5.02 Å². The Labute approximate surface area is 140 Å². The second-order valence-electron chi connectivity index (χ2n) is 4.69. The molecule has 0 aliphatic heterocycles. The Balaban J connectivity index is 1.58. The number of hydrogen-bond acceptors (Lipinski definition) is 5. The summed E-state index contributed by atoms with van der Waals surface area (Å²) in [6, 6.07) is 9.12. The van der Waals surface area contributed by atoms with Crippen LogP contribution in [0.5, 0.6) is 0 Å². The normalized spacial score (nSPS) is 12.5. The number of amides is 1. The molecule has 0 radical (unpaired) electrons. The van der Waals surface area contributed by atoms with Gasteiger partial charge in [0.1, 0.15) is 5.76 Å². The van der Waals surface area contributed by atoms with Crippen molar-refractivity contribution in [2.24, 2.45) is 0 Å². The highest BCUT2D eigenvalue weighted by Crippen LogP contribution is 2.30. The van der Waals surface area contributed by atoms with Gasteiger partial charge in [0.25, 0.3) is 0 Å². The molecule has 3 aromatic rings. The van der Waals surface area contributed by atoms with E-state index in [1.165, 1.54) is 11.8 Å². The molecule has 4 nitrogen and oxygen atoms in total. The smallest absolute Gasteiger partial charge is 0.231 e. The zero-order valence-electron chi connectivity index (χ0n) is 11.7. The number of thioether (sulfide) groups is 1. The Morgan fingerprint density at radius 3 is 3.14 bits per heavy atom. The van der Waals surface area contributed by atoms with Crippen molar-refractivity contribution in [2.75, 3.05) is 5.75 Å². The second kappa shape index (κ2) is 6.73. The summed E-state index contributed by atoms with van der Waals surface area (Å²) in [7, 11) is 0. The number of hydrogen-bond donors (Lipinski definition) is 1. The fraction of sp³-hybridized carbons (Fsp3) is 0.200. The number of benzene rings is 1. The van der Waals surface area contributed by atoms with Crippen molar-refractivity contribution in [3.8, 4) is 0 Å². The SMILES string of the molecule is C[C@H](NC(=O)CSc1nc2cc(Cl)ccc2s1)c1ccco1. The lowest BCUT2D eigenvalue weighted by Gasteiger charge is -2.10. The third kappa shape index (κ3) is 3.63. The Morgan fingerprint density at radius 2 is 2.36 bits per heavy atom. The van der Waals surface area contributed by atoms with E-state index >= 15 is 0 Å².